The van der Waals surface area contributed by atoms with Gasteiger partial charge < -0.3 is 10.2 Å². The summed E-state index contributed by atoms with van der Waals surface area (Å²) in [6, 6.07) is 3.79. The van der Waals surface area contributed by atoms with Crippen molar-refractivity contribution in [3.8, 4) is 0 Å². The minimum atomic E-state index is -0.763. The zero-order valence-corrected chi connectivity index (χ0v) is 13.8. The Morgan fingerprint density at radius 1 is 1.35 bits per heavy atom. The van der Waals surface area contributed by atoms with Gasteiger partial charge >= 0.3 is 6.03 Å². The molecule has 0 radical (unpaired) electrons. The Balaban J connectivity index is 1.62. The van der Waals surface area contributed by atoms with Crippen molar-refractivity contribution in [3.05, 3.63) is 30.1 Å². The third-order valence-corrected chi connectivity index (χ3v) is 5.21. The second-order valence-corrected chi connectivity index (χ2v) is 6.74. The number of amides is 3. The van der Waals surface area contributed by atoms with E-state index in [0.717, 1.165) is 38.9 Å². The number of rotatable bonds is 4. The van der Waals surface area contributed by atoms with Crippen LogP contribution in [0.2, 0.25) is 0 Å². The van der Waals surface area contributed by atoms with Crippen LogP contribution in [0.15, 0.2) is 24.5 Å². The molecule has 3 amide bonds. The minimum absolute atomic E-state index is 0.108. The van der Waals surface area contributed by atoms with Crippen molar-refractivity contribution in [2.45, 2.75) is 31.7 Å². The Morgan fingerprint density at radius 2 is 2.09 bits per heavy atom. The standard InChI is InChI=1S/C17H24N4O2/c1-17(15(22)20(2)16(23)19-17)14-4-3-10-21(12-14)11-7-13-5-8-18-9-6-13/h5-6,8-9,14H,3-4,7,10-12H2,1-2H3,(H,19,23). The van der Waals surface area contributed by atoms with Crippen LogP contribution in [0, 0.1) is 5.92 Å². The van der Waals surface area contributed by atoms with Gasteiger partial charge in [-0.1, -0.05) is 0 Å². The maximum Gasteiger partial charge on any atom is 0.324 e. The van der Waals surface area contributed by atoms with Gasteiger partial charge in [-0.05, 0) is 50.4 Å². The molecule has 3 rings (SSSR count). The molecule has 0 saturated carbocycles. The molecular weight excluding hydrogens is 292 g/mol. The Hall–Kier alpha value is -1.95. The Kier molecular flexibility index (Phi) is 4.35. The van der Waals surface area contributed by atoms with E-state index in [4.69, 9.17) is 0 Å². The Labute approximate surface area is 136 Å². The average Bonchev–Trinajstić information content (AvgIpc) is 2.78. The van der Waals surface area contributed by atoms with Crippen LogP contribution in [-0.2, 0) is 11.2 Å². The highest BCUT2D eigenvalue weighted by Gasteiger charge is 2.51. The van der Waals surface area contributed by atoms with Gasteiger partial charge in [0.2, 0.25) is 0 Å². The SMILES string of the molecule is CN1C(=O)NC(C)(C2CCCN(CCc3ccncc3)C2)C1=O. The zero-order chi connectivity index (χ0) is 16.4. The summed E-state index contributed by atoms with van der Waals surface area (Å²) in [4.78, 5) is 31.9. The van der Waals surface area contributed by atoms with Gasteiger partial charge in [0.05, 0.1) is 0 Å². The molecule has 2 aliphatic heterocycles. The number of hydrogen-bond donors (Lipinski definition) is 1. The van der Waals surface area contributed by atoms with Crippen LogP contribution in [0.4, 0.5) is 4.79 Å². The lowest BCUT2D eigenvalue weighted by Gasteiger charge is -2.39. The van der Waals surface area contributed by atoms with Crippen LogP contribution in [0.5, 0.6) is 0 Å². The number of hydrogen-bond acceptors (Lipinski definition) is 4. The first kappa shape index (κ1) is 15.9. The molecule has 1 aromatic heterocycles. The summed E-state index contributed by atoms with van der Waals surface area (Å²) in [7, 11) is 1.55. The van der Waals surface area contributed by atoms with E-state index < -0.39 is 5.54 Å². The largest absolute Gasteiger partial charge is 0.324 e. The van der Waals surface area contributed by atoms with Crippen LogP contribution < -0.4 is 5.32 Å². The number of urea groups is 1. The van der Waals surface area contributed by atoms with Crippen LogP contribution in [0.3, 0.4) is 0 Å². The molecule has 2 aliphatic rings. The normalized spacial score (nSPS) is 29.0. The summed E-state index contributed by atoms with van der Waals surface area (Å²) in [5.74, 6) is 0.0542. The fourth-order valence-corrected chi connectivity index (χ4v) is 3.64. The highest BCUT2D eigenvalue weighted by molar-refractivity contribution is 6.06. The van der Waals surface area contributed by atoms with Crippen LogP contribution >= 0.6 is 0 Å². The molecule has 2 saturated heterocycles. The van der Waals surface area contributed by atoms with Gasteiger partial charge in [-0.25, -0.2) is 4.79 Å². The predicted octanol–water partition coefficient (Wildman–Crippen LogP) is 1.28. The van der Waals surface area contributed by atoms with Crippen molar-refractivity contribution >= 4 is 11.9 Å². The van der Waals surface area contributed by atoms with Crippen molar-refractivity contribution in [3.63, 3.8) is 0 Å². The number of carbonyl (C=O) groups excluding carboxylic acids is 2. The maximum absolute atomic E-state index is 12.4. The van der Waals surface area contributed by atoms with E-state index in [9.17, 15) is 9.59 Å². The average molecular weight is 316 g/mol. The van der Waals surface area contributed by atoms with Crippen LogP contribution in [-0.4, -0.2) is 58.9 Å². The second-order valence-electron chi connectivity index (χ2n) is 6.74. The number of nitrogens with one attached hydrogen (secondary N) is 1. The molecule has 3 heterocycles. The smallest absolute Gasteiger partial charge is 0.323 e. The number of carbonyl (C=O) groups is 2. The molecule has 124 valence electrons. The Morgan fingerprint density at radius 3 is 2.74 bits per heavy atom. The number of pyridine rings is 1. The molecule has 2 fully saturated rings. The van der Waals surface area contributed by atoms with Crippen molar-refractivity contribution in [1.29, 1.82) is 0 Å². The first-order valence-corrected chi connectivity index (χ1v) is 8.22. The number of piperidine rings is 1. The summed E-state index contributed by atoms with van der Waals surface area (Å²) >= 11 is 0. The van der Waals surface area contributed by atoms with Crippen LogP contribution in [0.25, 0.3) is 0 Å². The molecule has 0 aliphatic carbocycles. The van der Waals surface area contributed by atoms with Gasteiger partial charge in [-0.15, -0.1) is 0 Å². The summed E-state index contributed by atoms with van der Waals surface area (Å²) < 4.78 is 0. The van der Waals surface area contributed by atoms with E-state index in [0.29, 0.717) is 0 Å². The first-order chi connectivity index (χ1) is 11.0. The molecular formula is C17H24N4O2. The van der Waals surface area contributed by atoms with Gasteiger partial charge in [0.1, 0.15) is 5.54 Å². The van der Waals surface area contributed by atoms with Gasteiger partial charge in [0, 0.05) is 38.4 Å². The van der Waals surface area contributed by atoms with E-state index in [1.54, 1.807) is 7.05 Å². The van der Waals surface area contributed by atoms with Crippen molar-refractivity contribution < 1.29 is 9.59 Å². The van der Waals surface area contributed by atoms with E-state index in [1.807, 2.05) is 31.5 Å². The predicted molar refractivity (Wildman–Crippen MR) is 86.8 cm³/mol. The molecule has 1 aromatic rings. The number of aromatic nitrogens is 1. The molecule has 23 heavy (non-hydrogen) atoms. The van der Waals surface area contributed by atoms with E-state index >= 15 is 0 Å². The molecule has 2 atom stereocenters. The maximum atomic E-state index is 12.4. The van der Waals surface area contributed by atoms with Gasteiger partial charge in [0.25, 0.3) is 5.91 Å². The minimum Gasteiger partial charge on any atom is -0.323 e. The topological polar surface area (TPSA) is 65.5 Å². The van der Waals surface area contributed by atoms with Crippen molar-refractivity contribution in [2.75, 3.05) is 26.7 Å². The Bertz CT molecular complexity index is 592. The lowest BCUT2D eigenvalue weighted by atomic mass is 9.80. The molecule has 2 unspecified atom stereocenters. The number of nitrogens with zero attached hydrogens (tertiary/aromatic N) is 3. The monoisotopic (exact) mass is 316 g/mol. The van der Waals surface area contributed by atoms with Gasteiger partial charge in [0.15, 0.2) is 0 Å². The fourth-order valence-electron chi connectivity index (χ4n) is 3.64. The summed E-state index contributed by atoms with van der Waals surface area (Å²) in [5, 5.41) is 2.90. The summed E-state index contributed by atoms with van der Waals surface area (Å²) in [6.07, 6.45) is 6.65. The van der Waals surface area contributed by atoms with Gasteiger partial charge in [-0.3, -0.25) is 14.7 Å². The highest BCUT2D eigenvalue weighted by atomic mass is 16.2. The molecule has 6 nitrogen and oxygen atoms in total. The van der Waals surface area contributed by atoms with Gasteiger partial charge in [-0.2, -0.15) is 0 Å². The lowest BCUT2D eigenvalue weighted by Crippen LogP contribution is -2.55. The zero-order valence-electron chi connectivity index (χ0n) is 13.8. The van der Waals surface area contributed by atoms with Crippen molar-refractivity contribution in [1.82, 2.24) is 20.1 Å². The molecule has 0 aromatic carbocycles. The quantitative estimate of drug-likeness (QED) is 0.850. The molecule has 0 spiro atoms. The number of likely N-dealkylation sites (tertiary alicyclic amines) is 1. The molecule has 0 bridgehead atoms. The first-order valence-electron chi connectivity index (χ1n) is 8.22. The second kappa shape index (κ2) is 6.28. The third-order valence-electron chi connectivity index (χ3n) is 5.21. The third kappa shape index (κ3) is 3.08. The van der Waals surface area contributed by atoms with Crippen LogP contribution in [0.1, 0.15) is 25.3 Å². The number of imide groups is 1. The van der Waals surface area contributed by atoms with E-state index in [2.05, 4.69) is 15.2 Å². The van der Waals surface area contributed by atoms with E-state index in [-0.39, 0.29) is 17.9 Å². The number of likely N-dealkylation sites (N-methyl/N-ethyl adjacent to an activating group) is 1. The lowest BCUT2D eigenvalue weighted by molar-refractivity contribution is -0.132. The van der Waals surface area contributed by atoms with Crippen molar-refractivity contribution in [2.24, 2.45) is 5.92 Å². The molecule has 1 N–H and O–H groups in total. The summed E-state index contributed by atoms with van der Waals surface area (Å²) in [6.45, 7) is 4.74. The fraction of sp³-hybridized carbons (Fsp3) is 0.588. The summed E-state index contributed by atoms with van der Waals surface area (Å²) in [5.41, 5.74) is 0.513. The highest BCUT2D eigenvalue weighted by Crippen LogP contribution is 2.32. The van der Waals surface area contributed by atoms with E-state index in [1.165, 1.54) is 10.5 Å². The molecule has 6 heteroatoms.